The van der Waals surface area contributed by atoms with Crippen molar-refractivity contribution in [2.45, 2.75) is 45.1 Å². The molecule has 0 spiro atoms. The van der Waals surface area contributed by atoms with E-state index in [2.05, 4.69) is 27.5 Å². The number of aliphatic hydroxyl groups excluding tert-OH is 1. The zero-order valence-electron chi connectivity index (χ0n) is 11.8. The van der Waals surface area contributed by atoms with Gasteiger partial charge in [-0.25, -0.2) is 9.97 Å². The van der Waals surface area contributed by atoms with Gasteiger partial charge in [0.2, 0.25) is 0 Å². The first-order valence-electron chi connectivity index (χ1n) is 7.19. The van der Waals surface area contributed by atoms with Gasteiger partial charge in [0.15, 0.2) is 0 Å². The molecule has 1 aromatic rings. The maximum absolute atomic E-state index is 9.68. The Kier molecular flexibility index (Phi) is 4.96. The molecule has 0 aromatic carbocycles. The van der Waals surface area contributed by atoms with Crippen LogP contribution >= 0.6 is 0 Å². The lowest BCUT2D eigenvalue weighted by molar-refractivity contribution is 0.104. The van der Waals surface area contributed by atoms with Gasteiger partial charge in [-0.05, 0) is 25.2 Å². The zero-order chi connectivity index (χ0) is 13.7. The third kappa shape index (κ3) is 4.06. The fourth-order valence-electron chi connectivity index (χ4n) is 2.57. The first-order chi connectivity index (χ1) is 9.21. The summed E-state index contributed by atoms with van der Waals surface area (Å²) in [4.78, 5) is 8.85. The number of hydrogen-bond donors (Lipinski definition) is 3. The summed E-state index contributed by atoms with van der Waals surface area (Å²) in [7, 11) is 1.86. The molecule has 2 unspecified atom stereocenters. The van der Waals surface area contributed by atoms with E-state index in [4.69, 9.17) is 0 Å². The van der Waals surface area contributed by atoms with E-state index in [1.54, 1.807) is 0 Å². The fourth-order valence-corrected chi connectivity index (χ4v) is 2.57. The third-order valence-electron chi connectivity index (χ3n) is 3.67. The second kappa shape index (κ2) is 6.70. The van der Waals surface area contributed by atoms with Gasteiger partial charge in [0, 0.05) is 26.1 Å². The predicted molar refractivity (Wildman–Crippen MR) is 77.4 cm³/mol. The van der Waals surface area contributed by atoms with E-state index in [0.717, 1.165) is 49.7 Å². The van der Waals surface area contributed by atoms with Gasteiger partial charge in [-0.3, -0.25) is 0 Å². The highest BCUT2D eigenvalue weighted by atomic mass is 16.3. The second-order valence-electron chi connectivity index (χ2n) is 5.23. The molecule has 2 rings (SSSR count). The number of aliphatic hydroxyl groups is 1. The van der Waals surface area contributed by atoms with Crippen molar-refractivity contribution in [1.29, 1.82) is 0 Å². The Morgan fingerprint density at radius 3 is 2.79 bits per heavy atom. The fraction of sp³-hybridized carbons (Fsp3) is 0.714. The number of anilines is 2. The van der Waals surface area contributed by atoms with Crippen LogP contribution in [0.5, 0.6) is 0 Å². The Labute approximate surface area is 114 Å². The van der Waals surface area contributed by atoms with E-state index in [1.165, 1.54) is 6.42 Å². The molecule has 0 radical (unpaired) electrons. The van der Waals surface area contributed by atoms with Crippen LogP contribution in [0.15, 0.2) is 6.07 Å². The molecule has 0 aliphatic heterocycles. The SMILES string of the molecule is CCc1nc(NC)cc(NCC2CCCC(O)C2)n1. The van der Waals surface area contributed by atoms with Crippen molar-refractivity contribution in [3.05, 3.63) is 11.9 Å². The van der Waals surface area contributed by atoms with Crippen LogP contribution in [0.1, 0.15) is 38.4 Å². The van der Waals surface area contributed by atoms with Crippen molar-refractivity contribution < 1.29 is 5.11 Å². The van der Waals surface area contributed by atoms with E-state index < -0.39 is 0 Å². The largest absolute Gasteiger partial charge is 0.393 e. The molecule has 0 amide bonds. The Morgan fingerprint density at radius 2 is 2.11 bits per heavy atom. The summed E-state index contributed by atoms with van der Waals surface area (Å²) in [5.41, 5.74) is 0. The molecule has 5 nitrogen and oxygen atoms in total. The molecular formula is C14H24N4O. The van der Waals surface area contributed by atoms with Crippen molar-refractivity contribution in [3.63, 3.8) is 0 Å². The summed E-state index contributed by atoms with van der Waals surface area (Å²) in [6.07, 6.45) is 4.87. The average molecular weight is 264 g/mol. The van der Waals surface area contributed by atoms with Gasteiger partial charge in [-0.15, -0.1) is 0 Å². The van der Waals surface area contributed by atoms with Crippen molar-refractivity contribution in [2.75, 3.05) is 24.2 Å². The van der Waals surface area contributed by atoms with Crippen LogP contribution in [0.25, 0.3) is 0 Å². The molecule has 1 heterocycles. The molecule has 1 aliphatic rings. The summed E-state index contributed by atoms with van der Waals surface area (Å²) in [6.45, 7) is 2.93. The minimum atomic E-state index is -0.120. The van der Waals surface area contributed by atoms with Crippen LogP contribution in [-0.4, -0.2) is 34.8 Å². The van der Waals surface area contributed by atoms with Crippen molar-refractivity contribution in [3.8, 4) is 0 Å². The van der Waals surface area contributed by atoms with E-state index in [1.807, 2.05) is 13.1 Å². The van der Waals surface area contributed by atoms with Gasteiger partial charge in [0.05, 0.1) is 6.10 Å². The summed E-state index contributed by atoms with van der Waals surface area (Å²) >= 11 is 0. The Hall–Kier alpha value is -1.36. The normalized spacial score (nSPS) is 23.1. The van der Waals surface area contributed by atoms with E-state index >= 15 is 0 Å². The van der Waals surface area contributed by atoms with E-state index in [0.29, 0.717) is 5.92 Å². The maximum atomic E-state index is 9.68. The number of hydrogen-bond acceptors (Lipinski definition) is 5. The lowest BCUT2D eigenvalue weighted by Gasteiger charge is -2.26. The van der Waals surface area contributed by atoms with Crippen LogP contribution in [-0.2, 0) is 6.42 Å². The van der Waals surface area contributed by atoms with Crippen molar-refractivity contribution in [1.82, 2.24) is 9.97 Å². The topological polar surface area (TPSA) is 70.1 Å². The highest BCUT2D eigenvalue weighted by molar-refractivity contribution is 5.47. The molecule has 0 bridgehead atoms. The molecule has 106 valence electrons. The second-order valence-corrected chi connectivity index (χ2v) is 5.23. The number of rotatable bonds is 5. The molecule has 0 saturated heterocycles. The summed E-state index contributed by atoms with van der Waals surface area (Å²) in [6, 6.07) is 1.93. The quantitative estimate of drug-likeness (QED) is 0.759. The number of aromatic nitrogens is 2. The lowest BCUT2D eigenvalue weighted by Crippen LogP contribution is -2.25. The van der Waals surface area contributed by atoms with Gasteiger partial charge >= 0.3 is 0 Å². The van der Waals surface area contributed by atoms with Gasteiger partial charge in [0.25, 0.3) is 0 Å². The minimum absolute atomic E-state index is 0.120. The monoisotopic (exact) mass is 264 g/mol. The first-order valence-corrected chi connectivity index (χ1v) is 7.19. The highest BCUT2D eigenvalue weighted by Crippen LogP contribution is 2.24. The maximum Gasteiger partial charge on any atom is 0.132 e. The Balaban J connectivity index is 1.94. The minimum Gasteiger partial charge on any atom is -0.393 e. The van der Waals surface area contributed by atoms with Crippen LogP contribution in [0, 0.1) is 5.92 Å². The Bertz CT molecular complexity index is 388. The molecule has 19 heavy (non-hydrogen) atoms. The third-order valence-corrected chi connectivity index (χ3v) is 3.67. The molecule has 5 heteroatoms. The van der Waals surface area contributed by atoms with Gasteiger partial charge in [-0.2, -0.15) is 0 Å². The van der Waals surface area contributed by atoms with Crippen molar-refractivity contribution >= 4 is 11.6 Å². The molecule has 1 aromatic heterocycles. The van der Waals surface area contributed by atoms with Gasteiger partial charge < -0.3 is 15.7 Å². The smallest absolute Gasteiger partial charge is 0.132 e. The van der Waals surface area contributed by atoms with E-state index in [-0.39, 0.29) is 6.10 Å². The van der Waals surface area contributed by atoms with Crippen LogP contribution in [0.3, 0.4) is 0 Å². The average Bonchev–Trinajstić information content (AvgIpc) is 2.44. The number of nitrogens with one attached hydrogen (secondary N) is 2. The first kappa shape index (κ1) is 14.1. The highest BCUT2D eigenvalue weighted by Gasteiger charge is 2.19. The van der Waals surface area contributed by atoms with Crippen LogP contribution in [0.2, 0.25) is 0 Å². The predicted octanol–water partition coefficient (Wildman–Crippen LogP) is 2.04. The molecule has 1 saturated carbocycles. The zero-order valence-corrected chi connectivity index (χ0v) is 11.8. The molecular weight excluding hydrogens is 240 g/mol. The molecule has 1 fully saturated rings. The Morgan fingerprint density at radius 1 is 1.32 bits per heavy atom. The summed E-state index contributed by atoms with van der Waals surface area (Å²) < 4.78 is 0. The standard InChI is InChI=1S/C14H24N4O/c1-3-12-17-13(15-2)8-14(18-12)16-9-10-5-4-6-11(19)7-10/h8,10-11,19H,3-7,9H2,1-2H3,(H2,15,16,17,18). The lowest BCUT2D eigenvalue weighted by atomic mass is 9.87. The van der Waals surface area contributed by atoms with Crippen LogP contribution in [0.4, 0.5) is 11.6 Å². The summed E-state index contributed by atoms with van der Waals surface area (Å²) in [5.74, 6) is 3.11. The summed E-state index contributed by atoms with van der Waals surface area (Å²) in [5, 5.41) is 16.1. The van der Waals surface area contributed by atoms with E-state index in [9.17, 15) is 5.11 Å². The number of aryl methyl sites for hydroxylation is 1. The number of nitrogens with zero attached hydrogens (tertiary/aromatic N) is 2. The molecule has 3 N–H and O–H groups in total. The van der Waals surface area contributed by atoms with Crippen LogP contribution < -0.4 is 10.6 Å². The molecule has 2 atom stereocenters. The van der Waals surface area contributed by atoms with Gasteiger partial charge in [0.1, 0.15) is 17.5 Å². The van der Waals surface area contributed by atoms with Gasteiger partial charge in [-0.1, -0.05) is 13.3 Å². The molecule has 1 aliphatic carbocycles. The van der Waals surface area contributed by atoms with Crippen molar-refractivity contribution in [2.24, 2.45) is 5.92 Å².